The standard InChI is InChI=1S/C22H27ClN2O3/c1-13(2)28-22(26)19-15(4)25-14(3)17(10-7-11-27-5)20(19)18-9-6-8-16(12-24)21(18)23/h6,8-9,13,20,25H,7,10-11H2,1-5H3. The summed E-state index contributed by atoms with van der Waals surface area (Å²) in [4.78, 5) is 13.0. The van der Waals surface area contributed by atoms with E-state index in [1.54, 1.807) is 19.2 Å². The van der Waals surface area contributed by atoms with E-state index in [9.17, 15) is 10.1 Å². The van der Waals surface area contributed by atoms with Crippen LogP contribution in [0.25, 0.3) is 0 Å². The highest BCUT2D eigenvalue weighted by Crippen LogP contribution is 2.43. The van der Waals surface area contributed by atoms with Crippen LogP contribution in [0, 0.1) is 11.3 Å². The Hall–Kier alpha value is -2.29. The molecule has 0 spiro atoms. The third kappa shape index (κ3) is 4.76. The van der Waals surface area contributed by atoms with Crippen LogP contribution in [0.2, 0.25) is 5.02 Å². The van der Waals surface area contributed by atoms with Gasteiger partial charge in [-0.25, -0.2) is 4.79 Å². The number of nitriles is 1. The van der Waals surface area contributed by atoms with Crippen molar-refractivity contribution in [3.05, 3.63) is 56.9 Å². The fourth-order valence-electron chi connectivity index (χ4n) is 3.53. The van der Waals surface area contributed by atoms with Crippen LogP contribution in [-0.4, -0.2) is 25.8 Å². The molecule has 2 rings (SSSR count). The molecule has 0 aromatic heterocycles. The molecular formula is C22H27ClN2O3. The second-order valence-electron chi connectivity index (χ2n) is 7.12. The smallest absolute Gasteiger partial charge is 0.336 e. The number of hydrogen-bond donors (Lipinski definition) is 1. The summed E-state index contributed by atoms with van der Waals surface area (Å²) >= 11 is 6.58. The van der Waals surface area contributed by atoms with Crippen LogP contribution in [0.5, 0.6) is 0 Å². The minimum absolute atomic E-state index is 0.238. The molecule has 6 heteroatoms. The largest absolute Gasteiger partial charge is 0.460 e. The van der Waals surface area contributed by atoms with E-state index < -0.39 is 0 Å². The summed E-state index contributed by atoms with van der Waals surface area (Å²) in [6.07, 6.45) is 1.30. The molecule has 0 saturated heterocycles. The van der Waals surface area contributed by atoms with E-state index in [2.05, 4.69) is 11.4 Å². The zero-order valence-corrected chi connectivity index (χ0v) is 17.8. The third-order valence-electron chi connectivity index (χ3n) is 4.72. The lowest BCUT2D eigenvalue weighted by Crippen LogP contribution is -2.30. The average Bonchev–Trinajstić information content (AvgIpc) is 2.62. The molecule has 0 fully saturated rings. The number of methoxy groups -OCH3 is 1. The van der Waals surface area contributed by atoms with Gasteiger partial charge in [-0.1, -0.05) is 23.7 Å². The second kappa shape index (κ2) is 9.77. The lowest BCUT2D eigenvalue weighted by molar-refractivity contribution is -0.143. The Morgan fingerprint density at radius 3 is 2.64 bits per heavy atom. The minimum atomic E-state index is -0.375. The maximum absolute atomic E-state index is 13.0. The van der Waals surface area contributed by atoms with Gasteiger partial charge in [0.05, 0.1) is 22.3 Å². The first-order valence-electron chi connectivity index (χ1n) is 9.37. The number of carbonyl (C=O) groups excluding carboxylic acids is 1. The molecule has 1 N–H and O–H groups in total. The van der Waals surface area contributed by atoms with Gasteiger partial charge in [-0.3, -0.25) is 0 Å². The Labute approximate surface area is 172 Å². The predicted molar refractivity (Wildman–Crippen MR) is 110 cm³/mol. The van der Waals surface area contributed by atoms with Crippen LogP contribution >= 0.6 is 11.6 Å². The number of ether oxygens (including phenoxy) is 2. The van der Waals surface area contributed by atoms with Gasteiger partial charge in [-0.05, 0) is 57.7 Å². The normalized spacial score (nSPS) is 16.9. The van der Waals surface area contributed by atoms with E-state index in [-0.39, 0.29) is 18.0 Å². The molecule has 150 valence electrons. The number of carbonyl (C=O) groups is 1. The number of allylic oxidation sites excluding steroid dienone is 3. The van der Waals surface area contributed by atoms with Gasteiger partial charge in [0.1, 0.15) is 6.07 Å². The summed E-state index contributed by atoms with van der Waals surface area (Å²) < 4.78 is 10.7. The summed E-state index contributed by atoms with van der Waals surface area (Å²) in [6.45, 7) is 8.11. The van der Waals surface area contributed by atoms with Gasteiger partial charge in [-0.15, -0.1) is 0 Å². The van der Waals surface area contributed by atoms with E-state index >= 15 is 0 Å². The quantitative estimate of drug-likeness (QED) is 0.522. The molecule has 1 unspecified atom stereocenters. The third-order valence-corrected chi connectivity index (χ3v) is 5.14. The topological polar surface area (TPSA) is 71.3 Å². The van der Waals surface area contributed by atoms with Crippen molar-refractivity contribution in [2.45, 2.75) is 52.6 Å². The molecule has 0 radical (unpaired) electrons. The lowest BCUT2D eigenvalue weighted by atomic mass is 9.78. The van der Waals surface area contributed by atoms with Crippen LogP contribution in [0.15, 0.2) is 40.7 Å². The SMILES string of the molecule is COCCCC1=C(C)NC(C)=C(C(=O)OC(C)C)C1c1cccc(C#N)c1Cl. The van der Waals surface area contributed by atoms with Gasteiger partial charge in [0, 0.05) is 31.0 Å². The fourth-order valence-corrected chi connectivity index (χ4v) is 3.80. The summed E-state index contributed by atoms with van der Waals surface area (Å²) in [7, 11) is 1.67. The lowest BCUT2D eigenvalue weighted by Gasteiger charge is -2.32. The van der Waals surface area contributed by atoms with Crippen LogP contribution in [0.1, 0.15) is 57.6 Å². The number of halogens is 1. The van der Waals surface area contributed by atoms with Gasteiger partial charge < -0.3 is 14.8 Å². The molecule has 0 saturated carbocycles. The number of nitrogens with zero attached hydrogens (tertiary/aromatic N) is 1. The van der Waals surface area contributed by atoms with E-state index in [1.165, 1.54) is 0 Å². The highest BCUT2D eigenvalue weighted by Gasteiger charge is 2.35. The molecule has 28 heavy (non-hydrogen) atoms. The zero-order valence-electron chi connectivity index (χ0n) is 17.1. The molecule has 1 aliphatic heterocycles. The first kappa shape index (κ1) is 22.0. The number of dihydropyridines is 1. The Bertz CT molecular complexity index is 850. The number of nitrogens with one attached hydrogen (secondary N) is 1. The number of hydrogen-bond acceptors (Lipinski definition) is 5. The van der Waals surface area contributed by atoms with Crippen LogP contribution in [0.3, 0.4) is 0 Å². The van der Waals surface area contributed by atoms with Crippen molar-refractivity contribution in [1.82, 2.24) is 5.32 Å². The highest BCUT2D eigenvalue weighted by molar-refractivity contribution is 6.32. The molecular weight excluding hydrogens is 376 g/mol. The van der Waals surface area contributed by atoms with Gasteiger partial charge in [0.2, 0.25) is 0 Å². The van der Waals surface area contributed by atoms with E-state index in [1.807, 2.05) is 33.8 Å². The summed E-state index contributed by atoms with van der Waals surface area (Å²) in [5.74, 6) is -0.745. The Morgan fingerprint density at radius 1 is 1.32 bits per heavy atom. The summed E-state index contributed by atoms with van der Waals surface area (Å²) in [5, 5.41) is 13.1. The first-order valence-corrected chi connectivity index (χ1v) is 9.75. The summed E-state index contributed by atoms with van der Waals surface area (Å²) in [6, 6.07) is 7.47. The van der Waals surface area contributed by atoms with Crippen molar-refractivity contribution in [1.29, 1.82) is 5.26 Å². The molecule has 0 amide bonds. The second-order valence-corrected chi connectivity index (χ2v) is 7.50. The van der Waals surface area contributed by atoms with Crippen LogP contribution in [-0.2, 0) is 14.3 Å². The molecule has 1 heterocycles. The van der Waals surface area contributed by atoms with Crippen molar-refractivity contribution >= 4 is 17.6 Å². The average molecular weight is 403 g/mol. The van der Waals surface area contributed by atoms with Crippen molar-refractivity contribution in [3.8, 4) is 6.07 Å². The van der Waals surface area contributed by atoms with Crippen molar-refractivity contribution in [2.75, 3.05) is 13.7 Å². The number of benzene rings is 1. The minimum Gasteiger partial charge on any atom is -0.460 e. The van der Waals surface area contributed by atoms with E-state index in [4.69, 9.17) is 21.1 Å². The first-order chi connectivity index (χ1) is 13.3. The Kier molecular flexibility index (Phi) is 7.68. The summed E-state index contributed by atoms with van der Waals surface area (Å²) in [5.41, 5.74) is 4.43. The maximum atomic E-state index is 13.0. The van der Waals surface area contributed by atoms with Crippen molar-refractivity contribution < 1.29 is 14.3 Å². The Balaban J connectivity index is 2.62. The van der Waals surface area contributed by atoms with E-state index in [0.717, 1.165) is 35.4 Å². The predicted octanol–water partition coefficient (Wildman–Crippen LogP) is 4.82. The van der Waals surface area contributed by atoms with Gasteiger partial charge >= 0.3 is 5.97 Å². The van der Waals surface area contributed by atoms with E-state index in [0.29, 0.717) is 22.8 Å². The van der Waals surface area contributed by atoms with Gasteiger partial charge in [0.15, 0.2) is 0 Å². The van der Waals surface area contributed by atoms with Gasteiger partial charge in [0.25, 0.3) is 0 Å². The molecule has 5 nitrogen and oxygen atoms in total. The monoisotopic (exact) mass is 402 g/mol. The van der Waals surface area contributed by atoms with Crippen LogP contribution < -0.4 is 5.32 Å². The fraction of sp³-hybridized carbons (Fsp3) is 0.455. The highest BCUT2D eigenvalue weighted by atomic mass is 35.5. The molecule has 1 aromatic rings. The Morgan fingerprint density at radius 2 is 2.04 bits per heavy atom. The molecule has 0 aliphatic carbocycles. The molecule has 1 atom stereocenters. The molecule has 1 aliphatic rings. The van der Waals surface area contributed by atoms with Crippen molar-refractivity contribution in [2.24, 2.45) is 0 Å². The van der Waals surface area contributed by atoms with Crippen LogP contribution in [0.4, 0.5) is 0 Å². The van der Waals surface area contributed by atoms with Crippen molar-refractivity contribution in [3.63, 3.8) is 0 Å². The zero-order chi connectivity index (χ0) is 20.8. The van der Waals surface area contributed by atoms with Gasteiger partial charge in [-0.2, -0.15) is 5.26 Å². The number of rotatable bonds is 7. The molecule has 0 bridgehead atoms. The molecule has 1 aromatic carbocycles. The maximum Gasteiger partial charge on any atom is 0.336 e. The number of esters is 1.